The summed E-state index contributed by atoms with van der Waals surface area (Å²) in [4.78, 5) is 25.6. The van der Waals surface area contributed by atoms with Crippen LogP contribution in [0.25, 0.3) is 0 Å². The average molecular weight is 306 g/mol. The predicted molar refractivity (Wildman–Crippen MR) is 86.6 cm³/mol. The van der Waals surface area contributed by atoms with Crippen LogP contribution in [-0.4, -0.2) is 37.4 Å². The third kappa shape index (κ3) is 4.76. The van der Waals surface area contributed by atoms with Crippen molar-refractivity contribution < 1.29 is 14.3 Å². The van der Waals surface area contributed by atoms with Gasteiger partial charge in [0.2, 0.25) is 11.8 Å². The van der Waals surface area contributed by atoms with Crippen LogP contribution in [0.3, 0.4) is 0 Å². The van der Waals surface area contributed by atoms with Gasteiger partial charge in [0.15, 0.2) is 0 Å². The van der Waals surface area contributed by atoms with E-state index in [-0.39, 0.29) is 24.4 Å². The molecule has 0 aromatic heterocycles. The monoisotopic (exact) mass is 306 g/mol. The number of benzene rings is 1. The fourth-order valence-corrected chi connectivity index (χ4v) is 1.87. The molecule has 0 aliphatic heterocycles. The first kappa shape index (κ1) is 18.0. The van der Waals surface area contributed by atoms with E-state index in [0.29, 0.717) is 0 Å². The summed E-state index contributed by atoms with van der Waals surface area (Å²) >= 11 is 0. The van der Waals surface area contributed by atoms with Crippen molar-refractivity contribution in [2.75, 3.05) is 20.7 Å². The molecular weight excluding hydrogens is 280 g/mol. The van der Waals surface area contributed by atoms with Crippen LogP contribution < -0.4 is 10.1 Å². The number of methoxy groups -OCH3 is 1. The van der Waals surface area contributed by atoms with Crippen LogP contribution >= 0.6 is 0 Å². The molecule has 122 valence electrons. The van der Waals surface area contributed by atoms with E-state index in [0.717, 1.165) is 11.3 Å². The third-order valence-electron chi connectivity index (χ3n) is 3.65. The third-order valence-corrected chi connectivity index (χ3v) is 3.65. The number of nitrogens with one attached hydrogen (secondary N) is 1. The second kappa shape index (κ2) is 7.29. The van der Waals surface area contributed by atoms with Gasteiger partial charge in [-0.05, 0) is 24.6 Å². The lowest BCUT2D eigenvalue weighted by Gasteiger charge is -2.26. The van der Waals surface area contributed by atoms with Gasteiger partial charge in [-0.1, -0.05) is 32.9 Å². The molecule has 5 heteroatoms. The Morgan fingerprint density at radius 3 is 2.23 bits per heavy atom. The van der Waals surface area contributed by atoms with Gasteiger partial charge in [0.1, 0.15) is 5.75 Å². The highest BCUT2D eigenvalue weighted by Gasteiger charge is 2.23. The lowest BCUT2D eigenvalue weighted by atomic mass is 9.96. The summed E-state index contributed by atoms with van der Waals surface area (Å²) < 4.78 is 5.13. The maximum absolute atomic E-state index is 12.2. The maximum Gasteiger partial charge on any atom is 0.242 e. The van der Waals surface area contributed by atoms with E-state index in [1.807, 2.05) is 52.0 Å². The average Bonchev–Trinajstić information content (AvgIpc) is 2.49. The van der Waals surface area contributed by atoms with Gasteiger partial charge in [-0.15, -0.1) is 0 Å². The Morgan fingerprint density at radius 2 is 1.77 bits per heavy atom. The van der Waals surface area contributed by atoms with E-state index in [1.54, 1.807) is 19.1 Å². The topological polar surface area (TPSA) is 58.6 Å². The number of nitrogens with zero attached hydrogens (tertiary/aromatic N) is 1. The van der Waals surface area contributed by atoms with Crippen molar-refractivity contribution in [2.24, 2.45) is 5.41 Å². The molecule has 0 saturated heterocycles. The van der Waals surface area contributed by atoms with Gasteiger partial charge in [-0.2, -0.15) is 0 Å². The lowest BCUT2D eigenvalue weighted by molar-refractivity contribution is -0.135. The highest BCUT2D eigenvalue weighted by molar-refractivity contribution is 5.87. The highest BCUT2D eigenvalue weighted by atomic mass is 16.5. The maximum atomic E-state index is 12.2. The standard InChI is InChI=1S/C17H26N2O3/c1-12(13-7-9-14(22-6)10-8-13)19(5)15(20)11-18-16(21)17(2,3)4/h7-10,12H,11H2,1-6H3,(H,18,21). The van der Waals surface area contributed by atoms with Crippen molar-refractivity contribution in [3.63, 3.8) is 0 Å². The Labute approximate surface area is 132 Å². The first-order chi connectivity index (χ1) is 10.2. The zero-order valence-electron chi connectivity index (χ0n) is 14.3. The first-order valence-electron chi connectivity index (χ1n) is 7.34. The molecule has 22 heavy (non-hydrogen) atoms. The molecule has 0 aliphatic rings. The zero-order chi connectivity index (χ0) is 16.9. The Hall–Kier alpha value is -2.04. The molecule has 1 N–H and O–H groups in total. The van der Waals surface area contributed by atoms with Crippen molar-refractivity contribution in [2.45, 2.75) is 33.7 Å². The van der Waals surface area contributed by atoms with Crippen molar-refractivity contribution >= 4 is 11.8 Å². The van der Waals surface area contributed by atoms with E-state index in [9.17, 15) is 9.59 Å². The molecule has 1 aromatic rings. The van der Waals surface area contributed by atoms with Gasteiger partial charge in [0, 0.05) is 12.5 Å². The summed E-state index contributed by atoms with van der Waals surface area (Å²) in [6, 6.07) is 7.52. The van der Waals surface area contributed by atoms with E-state index in [1.165, 1.54) is 0 Å². The van der Waals surface area contributed by atoms with Crippen molar-refractivity contribution in [1.29, 1.82) is 0 Å². The van der Waals surface area contributed by atoms with Gasteiger partial charge >= 0.3 is 0 Å². The molecule has 1 unspecified atom stereocenters. The molecule has 1 rings (SSSR count). The molecule has 0 spiro atoms. The number of carbonyl (C=O) groups is 2. The minimum absolute atomic E-state index is 0.00704. The second-order valence-electron chi connectivity index (χ2n) is 6.39. The van der Waals surface area contributed by atoms with Crippen molar-refractivity contribution in [1.82, 2.24) is 10.2 Å². The quantitative estimate of drug-likeness (QED) is 0.908. The molecule has 2 amide bonds. The largest absolute Gasteiger partial charge is 0.497 e. The summed E-state index contributed by atoms with van der Waals surface area (Å²) in [6.07, 6.45) is 0. The van der Waals surface area contributed by atoms with Crippen LogP contribution in [0.4, 0.5) is 0 Å². The van der Waals surface area contributed by atoms with E-state index in [4.69, 9.17) is 4.74 Å². The molecule has 0 bridgehead atoms. The van der Waals surface area contributed by atoms with Crippen LogP contribution in [-0.2, 0) is 9.59 Å². The molecule has 1 atom stereocenters. The van der Waals surface area contributed by atoms with Gasteiger partial charge in [0.25, 0.3) is 0 Å². The molecule has 1 aromatic carbocycles. The normalized spacial score (nSPS) is 12.5. The van der Waals surface area contributed by atoms with Crippen LogP contribution in [0, 0.1) is 5.41 Å². The molecule has 0 fully saturated rings. The molecular formula is C17H26N2O3. The summed E-state index contributed by atoms with van der Waals surface area (Å²) in [5, 5.41) is 2.68. The Kier molecular flexibility index (Phi) is 5.97. The van der Waals surface area contributed by atoms with Gasteiger partial charge < -0.3 is 15.0 Å². The smallest absolute Gasteiger partial charge is 0.242 e. The van der Waals surface area contributed by atoms with Crippen LogP contribution in [0.15, 0.2) is 24.3 Å². The number of hydrogen-bond donors (Lipinski definition) is 1. The molecule has 0 heterocycles. The number of hydrogen-bond acceptors (Lipinski definition) is 3. The van der Waals surface area contributed by atoms with Crippen molar-refractivity contribution in [3.8, 4) is 5.75 Å². The SMILES string of the molecule is COc1ccc(C(C)N(C)C(=O)CNC(=O)C(C)(C)C)cc1. The van der Waals surface area contributed by atoms with E-state index in [2.05, 4.69) is 5.32 Å². The predicted octanol–water partition coefficient (Wildman–Crippen LogP) is 2.38. The number of rotatable bonds is 5. The fourth-order valence-electron chi connectivity index (χ4n) is 1.87. The van der Waals surface area contributed by atoms with Crippen LogP contribution in [0.2, 0.25) is 0 Å². The molecule has 0 saturated carbocycles. The van der Waals surface area contributed by atoms with E-state index < -0.39 is 5.41 Å². The summed E-state index contributed by atoms with van der Waals surface area (Å²) in [6.45, 7) is 7.40. The van der Waals surface area contributed by atoms with Gasteiger partial charge in [0.05, 0.1) is 19.7 Å². The minimum Gasteiger partial charge on any atom is -0.497 e. The summed E-state index contributed by atoms with van der Waals surface area (Å²) in [5.74, 6) is 0.523. The summed E-state index contributed by atoms with van der Waals surface area (Å²) in [5.41, 5.74) is 0.513. The Bertz CT molecular complexity index is 518. The first-order valence-corrected chi connectivity index (χ1v) is 7.34. The Morgan fingerprint density at radius 1 is 1.23 bits per heavy atom. The summed E-state index contributed by atoms with van der Waals surface area (Å²) in [7, 11) is 3.35. The van der Waals surface area contributed by atoms with Gasteiger partial charge in [-0.3, -0.25) is 9.59 Å². The van der Waals surface area contributed by atoms with E-state index >= 15 is 0 Å². The molecule has 5 nitrogen and oxygen atoms in total. The number of ether oxygens (including phenoxy) is 1. The Balaban J connectivity index is 2.63. The molecule has 0 aliphatic carbocycles. The number of likely N-dealkylation sites (N-methyl/N-ethyl adjacent to an activating group) is 1. The highest BCUT2D eigenvalue weighted by Crippen LogP contribution is 2.21. The fraction of sp³-hybridized carbons (Fsp3) is 0.529. The van der Waals surface area contributed by atoms with Crippen LogP contribution in [0.5, 0.6) is 5.75 Å². The van der Waals surface area contributed by atoms with Crippen molar-refractivity contribution in [3.05, 3.63) is 29.8 Å². The zero-order valence-corrected chi connectivity index (χ0v) is 14.3. The second-order valence-corrected chi connectivity index (χ2v) is 6.39. The lowest BCUT2D eigenvalue weighted by Crippen LogP contribution is -2.42. The molecule has 0 radical (unpaired) electrons. The van der Waals surface area contributed by atoms with Gasteiger partial charge in [-0.25, -0.2) is 0 Å². The van der Waals surface area contributed by atoms with Crippen LogP contribution in [0.1, 0.15) is 39.3 Å². The number of carbonyl (C=O) groups excluding carboxylic acids is 2. The number of amides is 2. The minimum atomic E-state index is -0.500.